The maximum atomic E-state index is 12.4. The molecule has 1 atom stereocenters. The number of hydrogen-bond acceptors (Lipinski definition) is 5. The Bertz CT molecular complexity index is 871. The van der Waals surface area contributed by atoms with Crippen LogP contribution in [0.2, 0.25) is 0 Å². The quantitative estimate of drug-likeness (QED) is 0.798. The van der Waals surface area contributed by atoms with Gasteiger partial charge in [-0.25, -0.2) is 4.79 Å². The van der Waals surface area contributed by atoms with Gasteiger partial charge < -0.3 is 29.7 Å². The van der Waals surface area contributed by atoms with Crippen LogP contribution in [0.3, 0.4) is 0 Å². The van der Waals surface area contributed by atoms with E-state index >= 15 is 0 Å². The second-order valence-corrected chi connectivity index (χ2v) is 6.28. The lowest BCUT2D eigenvalue weighted by atomic mass is 10.2. The van der Waals surface area contributed by atoms with Gasteiger partial charge in [0.05, 0.1) is 27.4 Å². The van der Waals surface area contributed by atoms with Gasteiger partial charge in [-0.15, -0.1) is 0 Å². The van der Waals surface area contributed by atoms with Crippen molar-refractivity contribution in [2.75, 3.05) is 38.1 Å². The summed E-state index contributed by atoms with van der Waals surface area (Å²) in [6.45, 7) is 0.375. The maximum Gasteiger partial charge on any atom is 0.319 e. The van der Waals surface area contributed by atoms with Gasteiger partial charge in [-0.3, -0.25) is 4.79 Å². The molecule has 2 aromatic rings. The molecule has 3 rings (SSSR count). The summed E-state index contributed by atoms with van der Waals surface area (Å²) >= 11 is 0. The van der Waals surface area contributed by atoms with Crippen LogP contribution in [0.15, 0.2) is 42.5 Å². The molecule has 8 nitrogen and oxygen atoms in total. The van der Waals surface area contributed by atoms with Crippen molar-refractivity contribution in [1.29, 1.82) is 0 Å². The molecule has 0 unspecified atom stereocenters. The van der Waals surface area contributed by atoms with E-state index in [9.17, 15) is 9.59 Å². The van der Waals surface area contributed by atoms with Gasteiger partial charge in [0.15, 0.2) is 11.5 Å². The Morgan fingerprint density at radius 3 is 2.54 bits per heavy atom. The van der Waals surface area contributed by atoms with Gasteiger partial charge in [0, 0.05) is 36.5 Å². The lowest BCUT2D eigenvalue weighted by Crippen LogP contribution is -2.39. The lowest BCUT2D eigenvalue weighted by Gasteiger charge is -2.19. The number of anilines is 2. The zero-order valence-electron chi connectivity index (χ0n) is 16.0. The number of urea groups is 1. The largest absolute Gasteiger partial charge is 0.497 e. The molecule has 28 heavy (non-hydrogen) atoms. The summed E-state index contributed by atoms with van der Waals surface area (Å²) in [5.41, 5.74) is 1.30. The molecule has 0 radical (unpaired) electrons. The number of ether oxygens (including phenoxy) is 3. The van der Waals surface area contributed by atoms with Crippen LogP contribution in [0.4, 0.5) is 16.2 Å². The van der Waals surface area contributed by atoms with Gasteiger partial charge in [-0.2, -0.15) is 0 Å². The van der Waals surface area contributed by atoms with E-state index in [1.54, 1.807) is 68.7 Å². The van der Waals surface area contributed by atoms with Crippen LogP contribution in [-0.2, 0) is 4.79 Å². The van der Waals surface area contributed by atoms with Crippen LogP contribution in [-0.4, -0.2) is 45.9 Å². The first-order valence-electron chi connectivity index (χ1n) is 8.78. The summed E-state index contributed by atoms with van der Waals surface area (Å²) in [6.07, 6.45) is 0.222. The maximum absolute atomic E-state index is 12.4. The average Bonchev–Trinajstić information content (AvgIpc) is 3.07. The number of benzene rings is 2. The predicted molar refractivity (Wildman–Crippen MR) is 105 cm³/mol. The second-order valence-electron chi connectivity index (χ2n) is 6.28. The smallest absolute Gasteiger partial charge is 0.319 e. The third kappa shape index (κ3) is 4.28. The van der Waals surface area contributed by atoms with Crippen molar-refractivity contribution in [3.05, 3.63) is 42.5 Å². The summed E-state index contributed by atoms with van der Waals surface area (Å²) in [4.78, 5) is 26.3. The van der Waals surface area contributed by atoms with Crippen LogP contribution in [0, 0.1) is 0 Å². The first-order valence-corrected chi connectivity index (χ1v) is 8.78. The molecule has 0 aliphatic carbocycles. The van der Waals surface area contributed by atoms with E-state index in [0.29, 0.717) is 35.2 Å². The fourth-order valence-corrected chi connectivity index (χ4v) is 3.10. The van der Waals surface area contributed by atoms with E-state index in [0.717, 1.165) is 0 Å². The molecular weight excluding hydrogens is 362 g/mol. The third-order valence-corrected chi connectivity index (χ3v) is 4.47. The standard InChI is InChI=1S/C20H23N3O5/c1-26-16-6-4-5-13(9-16)21-20(25)22-14-10-19(24)23(12-14)15-7-8-17(27-2)18(11-15)28-3/h4-9,11,14H,10,12H2,1-3H3,(H2,21,22,25)/t14-/m1/s1. The van der Waals surface area contributed by atoms with Crippen molar-refractivity contribution in [3.8, 4) is 17.2 Å². The molecular formula is C20H23N3O5. The van der Waals surface area contributed by atoms with Gasteiger partial charge >= 0.3 is 6.03 Å². The zero-order chi connectivity index (χ0) is 20.1. The highest BCUT2D eigenvalue weighted by atomic mass is 16.5. The molecule has 1 fully saturated rings. The Morgan fingerprint density at radius 1 is 1.04 bits per heavy atom. The van der Waals surface area contributed by atoms with Crippen LogP contribution < -0.4 is 29.7 Å². The topological polar surface area (TPSA) is 89.1 Å². The first kappa shape index (κ1) is 19.3. The van der Waals surface area contributed by atoms with E-state index in [1.807, 2.05) is 0 Å². The van der Waals surface area contributed by atoms with Crippen LogP contribution in [0.5, 0.6) is 17.2 Å². The molecule has 0 spiro atoms. The minimum atomic E-state index is -0.375. The normalized spacial score (nSPS) is 15.9. The fourth-order valence-electron chi connectivity index (χ4n) is 3.10. The van der Waals surface area contributed by atoms with Gasteiger partial charge in [0.2, 0.25) is 5.91 Å². The lowest BCUT2D eigenvalue weighted by molar-refractivity contribution is -0.117. The minimum absolute atomic E-state index is 0.0705. The van der Waals surface area contributed by atoms with E-state index in [-0.39, 0.29) is 24.4 Å². The zero-order valence-corrected chi connectivity index (χ0v) is 16.0. The van der Waals surface area contributed by atoms with Crippen molar-refractivity contribution >= 4 is 23.3 Å². The Labute approximate surface area is 163 Å². The molecule has 1 heterocycles. The number of nitrogens with zero attached hydrogens (tertiary/aromatic N) is 1. The molecule has 1 saturated heterocycles. The monoisotopic (exact) mass is 385 g/mol. The van der Waals surface area contributed by atoms with Gasteiger partial charge in [-0.1, -0.05) is 6.07 Å². The number of nitrogens with one attached hydrogen (secondary N) is 2. The minimum Gasteiger partial charge on any atom is -0.497 e. The van der Waals surface area contributed by atoms with Crippen molar-refractivity contribution < 1.29 is 23.8 Å². The van der Waals surface area contributed by atoms with Gasteiger partial charge in [0.1, 0.15) is 5.75 Å². The summed E-state index contributed by atoms with van der Waals surface area (Å²) in [5, 5.41) is 5.59. The van der Waals surface area contributed by atoms with Crippen molar-refractivity contribution in [1.82, 2.24) is 5.32 Å². The summed E-state index contributed by atoms with van der Waals surface area (Å²) in [6, 6.07) is 11.7. The Balaban J connectivity index is 1.63. The van der Waals surface area contributed by atoms with Gasteiger partial charge in [0.25, 0.3) is 0 Å². The molecule has 1 aliphatic heterocycles. The van der Waals surface area contributed by atoms with E-state index in [4.69, 9.17) is 14.2 Å². The fraction of sp³-hybridized carbons (Fsp3) is 0.300. The van der Waals surface area contributed by atoms with Crippen molar-refractivity contribution in [3.63, 3.8) is 0 Å². The van der Waals surface area contributed by atoms with E-state index < -0.39 is 0 Å². The molecule has 8 heteroatoms. The molecule has 3 amide bonds. The SMILES string of the molecule is COc1cccc(NC(=O)N[C@@H]2CC(=O)N(c3ccc(OC)c(OC)c3)C2)c1. The van der Waals surface area contributed by atoms with Crippen LogP contribution >= 0.6 is 0 Å². The van der Waals surface area contributed by atoms with Crippen molar-refractivity contribution in [2.45, 2.75) is 12.5 Å². The second kappa shape index (κ2) is 8.51. The molecule has 1 aliphatic rings. The predicted octanol–water partition coefficient (Wildman–Crippen LogP) is 2.64. The number of carbonyl (C=O) groups is 2. The van der Waals surface area contributed by atoms with Crippen LogP contribution in [0.25, 0.3) is 0 Å². The average molecular weight is 385 g/mol. The number of hydrogen-bond donors (Lipinski definition) is 2. The molecule has 0 aromatic heterocycles. The molecule has 0 saturated carbocycles. The highest BCUT2D eigenvalue weighted by Crippen LogP contribution is 2.33. The number of rotatable bonds is 6. The number of amides is 3. The summed E-state index contributed by atoms with van der Waals surface area (Å²) < 4.78 is 15.7. The van der Waals surface area contributed by atoms with Crippen molar-refractivity contribution in [2.24, 2.45) is 0 Å². The highest BCUT2D eigenvalue weighted by Gasteiger charge is 2.32. The Morgan fingerprint density at radius 2 is 1.82 bits per heavy atom. The van der Waals surface area contributed by atoms with Crippen LogP contribution in [0.1, 0.15) is 6.42 Å². The van der Waals surface area contributed by atoms with Gasteiger partial charge in [-0.05, 0) is 24.3 Å². The Hall–Kier alpha value is -3.42. The summed E-state index contributed by atoms with van der Waals surface area (Å²) in [5.74, 6) is 1.71. The third-order valence-electron chi connectivity index (χ3n) is 4.47. The molecule has 0 bridgehead atoms. The number of carbonyl (C=O) groups excluding carboxylic acids is 2. The molecule has 2 aromatic carbocycles. The van der Waals surface area contributed by atoms with E-state index in [1.165, 1.54) is 0 Å². The Kier molecular flexibility index (Phi) is 5.88. The summed E-state index contributed by atoms with van der Waals surface area (Å²) in [7, 11) is 4.66. The van der Waals surface area contributed by atoms with E-state index in [2.05, 4.69) is 10.6 Å². The highest BCUT2D eigenvalue weighted by molar-refractivity contribution is 5.98. The number of methoxy groups -OCH3 is 3. The molecule has 2 N–H and O–H groups in total. The molecule has 148 valence electrons. The first-order chi connectivity index (χ1) is 13.5.